The van der Waals surface area contributed by atoms with Crippen molar-refractivity contribution < 1.29 is 4.79 Å². The number of pyridine rings is 1. The van der Waals surface area contributed by atoms with Crippen molar-refractivity contribution in [3.8, 4) is 0 Å². The first-order valence-corrected chi connectivity index (χ1v) is 10.1. The average molecular weight is 387 g/mol. The van der Waals surface area contributed by atoms with E-state index in [0.717, 1.165) is 52.9 Å². The number of nitrogens with zero attached hydrogens (tertiary/aromatic N) is 3. The van der Waals surface area contributed by atoms with Crippen LogP contribution in [-0.4, -0.2) is 28.7 Å². The molecule has 0 saturated carbocycles. The summed E-state index contributed by atoms with van der Waals surface area (Å²) in [6.07, 6.45) is 2.18. The highest BCUT2D eigenvalue weighted by Gasteiger charge is 2.41. The third-order valence-electron chi connectivity index (χ3n) is 6.18. The van der Waals surface area contributed by atoms with Gasteiger partial charge in [-0.05, 0) is 31.0 Å². The van der Waals surface area contributed by atoms with Crippen LogP contribution < -0.4 is 21.2 Å². The molecule has 0 radical (unpaired) electrons. The molecule has 1 saturated heterocycles. The number of hydrogen-bond acceptors (Lipinski definition) is 4. The Balaban J connectivity index is 1.61. The van der Waals surface area contributed by atoms with Crippen LogP contribution in [0, 0.1) is 0 Å². The minimum absolute atomic E-state index is 0.0428. The third kappa shape index (κ3) is 2.24. The van der Waals surface area contributed by atoms with Crippen LogP contribution in [0.4, 0.5) is 21.9 Å². The van der Waals surface area contributed by atoms with Crippen LogP contribution in [0.25, 0.3) is 10.9 Å². The fraction of sp³-hybridized carbons (Fsp3) is 0.273. The lowest BCUT2D eigenvalue weighted by Crippen LogP contribution is -2.50. The SMILES string of the molecule is O=C1Nc2ccccc2N2C(n3c(=O)c4c(c5ccccc53)NCCC4)CCN12. The number of nitrogens with one attached hydrogen (secondary N) is 2. The van der Waals surface area contributed by atoms with Crippen molar-refractivity contribution in [2.24, 2.45) is 0 Å². The number of carbonyl (C=O) groups excluding carboxylic acids is 1. The van der Waals surface area contributed by atoms with E-state index >= 15 is 0 Å². The van der Waals surface area contributed by atoms with Crippen molar-refractivity contribution in [1.82, 2.24) is 9.58 Å². The Morgan fingerprint density at radius 1 is 1.00 bits per heavy atom. The number of anilines is 3. The Bertz CT molecular complexity index is 1220. The zero-order valence-corrected chi connectivity index (χ0v) is 15.9. The average Bonchev–Trinajstić information content (AvgIpc) is 3.20. The van der Waals surface area contributed by atoms with E-state index in [2.05, 4.69) is 16.7 Å². The van der Waals surface area contributed by atoms with Crippen LogP contribution in [0.1, 0.15) is 24.6 Å². The van der Waals surface area contributed by atoms with E-state index in [-0.39, 0.29) is 17.8 Å². The second-order valence-electron chi connectivity index (χ2n) is 7.76. The molecule has 3 aliphatic rings. The van der Waals surface area contributed by atoms with Crippen LogP contribution in [0.3, 0.4) is 0 Å². The molecule has 0 spiro atoms. The molecule has 7 heteroatoms. The van der Waals surface area contributed by atoms with Gasteiger partial charge in [0.15, 0.2) is 0 Å². The standard InChI is InChI=1S/C22H21N5O2/c28-21-15-7-5-12-23-20(15)14-6-1-3-9-17(14)26(21)19-11-13-25-22(29)24-16-8-2-4-10-18(16)27(19)25/h1-4,6,8-10,19,23H,5,7,11-13H2,(H,24,29). The van der Waals surface area contributed by atoms with Crippen molar-refractivity contribution >= 4 is 34.0 Å². The molecule has 1 fully saturated rings. The van der Waals surface area contributed by atoms with Gasteiger partial charge in [-0.2, -0.15) is 0 Å². The van der Waals surface area contributed by atoms with Gasteiger partial charge in [0.1, 0.15) is 6.17 Å². The lowest BCUT2D eigenvalue weighted by molar-refractivity contribution is 0.212. The van der Waals surface area contributed by atoms with Crippen LogP contribution >= 0.6 is 0 Å². The molecule has 2 amide bonds. The molecule has 1 unspecified atom stereocenters. The molecular formula is C22H21N5O2. The minimum atomic E-state index is -0.244. The molecule has 146 valence electrons. The summed E-state index contributed by atoms with van der Waals surface area (Å²) in [6.45, 7) is 1.46. The van der Waals surface area contributed by atoms with Crippen molar-refractivity contribution in [1.29, 1.82) is 0 Å². The summed E-state index contributed by atoms with van der Waals surface area (Å²) in [6, 6.07) is 15.7. The topological polar surface area (TPSA) is 69.6 Å². The van der Waals surface area contributed by atoms with E-state index in [1.807, 2.05) is 52.0 Å². The monoisotopic (exact) mass is 387 g/mol. The number of fused-ring (bicyclic) bond motifs is 6. The van der Waals surface area contributed by atoms with E-state index in [1.165, 1.54) is 0 Å². The minimum Gasteiger partial charge on any atom is -0.384 e. The predicted molar refractivity (Wildman–Crippen MR) is 113 cm³/mol. The number of carbonyl (C=O) groups is 1. The maximum atomic E-state index is 13.7. The first-order chi connectivity index (χ1) is 14.2. The molecule has 2 N–H and O–H groups in total. The van der Waals surface area contributed by atoms with Crippen molar-refractivity contribution in [2.75, 3.05) is 28.7 Å². The van der Waals surface area contributed by atoms with Gasteiger partial charge in [0.2, 0.25) is 0 Å². The Morgan fingerprint density at radius 2 is 1.83 bits per heavy atom. The molecule has 0 bridgehead atoms. The van der Waals surface area contributed by atoms with E-state index < -0.39 is 0 Å². The van der Waals surface area contributed by atoms with Gasteiger partial charge < -0.3 is 10.6 Å². The predicted octanol–water partition coefficient (Wildman–Crippen LogP) is 3.53. The maximum absolute atomic E-state index is 13.7. The zero-order valence-electron chi connectivity index (χ0n) is 15.9. The molecule has 0 aliphatic carbocycles. The number of hydrogen-bond donors (Lipinski definition) is 2. The number of hydrazine groups is 1. The van der Waals surface area contributed by atoms with Gasteiger partial charge in [-0.15, -0.1) is 0 Å². The van der Waals surface area contributed by atoms with Crippen molar-refractivity contribution in [2.45, 2.75) is 25.4 Å². The molecule has 29 heavy (non-hydrogen) atoms. The quantitative estimate of drug-likeness (QED) is 0.670. The summed E-state index contributed by atoms with van der Waals surface area (Å²) in [5.74, 6) is 0. The van der Waals surface area contributed by atoms with Crippen molar-refractivity contribution in [3.63, 3.8) is 0 Å². The first-order valence-electron chi connectivity index (χ1n) is 10.1. The Morgan fingerprint density at radius 3 is 2.76 bits per heavy atom. The fourth-order valence-electron chi connectivity index (χ4n) is 4.94. The van der Waals surface area contributed by atoms with E-state index in [9.17, 15) is 9.59 Å². The number of urea groups is 1. The largest absolute Gasteiger partial charge is 0.384 e. The summed E-state index contributed by atoms with van der Waals surface area (Å²) in [7, 11) is 0. The van der Waals surface area contributed by atoms with Gasteiger partial charge in [-0.1, -0.05) is 30.3 Å². The third-order valence-corrected chi connectivity index (χ3v) is 6.18. The molecule has 3 aliphatic heterocycles. The number of aromatic nitrogens is 1. The number of rotatable bonds is 1. The lowest BCUT2D eigenvalue weighted by Gasteiger charge is -2.39. The second-order valence-corrected chi connectivity index (χ2v) is 7.76. The highest BCUT2D eigenvalue weighted by molar-refractivity contribution is 5.98. The van der Waals surface area contributed by atoms with Gasteiger partial charge in [0.05, 0.1) is 22.6 Å². The molecule has 3 aromatic rings. The summed E-state index contributed by atoms with van der Waals surface area (Å²) in [5, 5.41) is 11.2. The van der Waals surface area contributed by atoms with Gasteiger partial charge in [-0.3, -0.25) is 14.4 Å². The van der Waals surface area contributed by atoms with E-state index in [1.54, 1.807) is 5.01 Å². The smallest absolute Gasteiger partial charge is 0.340 e. The maximum Gasteiger partial charge on any atom is 0.340 e. The zero-order chi connectivity index (χ0) is 19.5. The van der Waals surface area contributed by atoms with Gasteiger partial charge in [-0.25, -0.2) is 9.80 Å². The second kappa shape index (κ2) is 6.01. The first kappa shape index (κ1) is 16.5. The normalized spacial score (nSPS) is 20.0. The highest BCUT2D eigenvalue weighted by Crippen LogP contribution is 2.42. The number of para-hydroxylation sites is 3. The van der Waals surface area contributed by atoms with Gasteiger partial charge in [0.25, 0.3) is 5.56 Å². The number of benzene rings is 2. The summed E-state index contributed by atoms with van der Waals surface area (Å²) >= 11 is 0. The molecule has 1 atom stereocenters. The molecule has 7 nitrogen and oxygen atoms in total. The van der Waals surface area contributed by atoms with Crippen LogP contribution in [0.5, 0.6) is 0 Å². The molecular weight excluding hydrogens is 366 g/mol. The summed E-state index contributed by atoms with van der Waals surface area (Å²) < 4.78 is 1.90. The molecule has 1 aromatic heterocycles. The lowest BCUT2D eigenvalue weighted by atomic mass is 10.0. The van der Waals surface area contributed by atoms with E-state index in [4.69, 9.17) is 0 Å². The molecule has 2 aromatic carbocycles. The molecule has 4 heterocycles. The molecule has 6 rings (SSSR count). The van der Waals surface area contributed by atoms with Gasteiger partial charge in [0, 0.05) is 30.5 Å². The Hall–Kier alpha value is -3.48. The van der Waals surface area contributed by atoms with Gasteiger partial charge >= 0.3 is 6.03 Å². The van der Waals surface area contributed by atoms with Crippen molar-refractivity contribution in [3.05, 3.63) is 64.4 Å². The number of amides is 2. The summed E-state index contributed by atoms with van der Waals surface area (Å²) in [5.41, 5.74) is 4.46. The van der Waals surface area contributed by atoms with E-state index in [0.29, 0.717) is 13.0 Å². The fourth-order valence-corrected chi connectivity index (χ4v) is 4.94. The Labute approximate surface area is 167 Å². The van der Waals surface area contributed by atoms with Crippen LogP contribution in [-0.2, 0) is 6.42 Å². The van der Waals surface area contributed by atoms with Crippen LogP contribution in [0.15, 0.2) is 53.3 Å². The highest BCUT2D eigenvalue weighted by atomic mass is 16.2. The Kier molecular flexibility index (Phi) is 3.41. The van der Waals surface area contributed by atoms with Crippen LogP contribution in [0.2, 0.25) is 0 Å². The summed E-state index contributed by atoms with van der Waals surface area (Å²) in [4.78, 5) is 26.3.